The lowest BCUT2D eigenvalue weighted by Gasteiger charge is -2.12. The van der Waals surface area contributed by atoms with E-state index in [1.807, 2.05) is 111 Å². The van der Waals surface area contributed by atoms with Gasteiger partial charge in [0.05, 0.1) is 33.2 Å². The molecule has 0 N–H and O–H groups in total. The summed E-state index contributed by atoms with van der Waals surface area (Å²) in [5.41, 5.74) is 4.66. The number of aromatic nitrogens is 4. The van der Waals surface area contributed by atoms with E-state index in [0.717, 1.165) is 22.5 Å². The zero-order chi connectivity index (χ0) is 25.5. The minimum Gasteiger partial charge on any atom is -0.268 e. The van der Waals surface area contributed by atoms with Gasteiger partial charge < -0.3 is 0 Å². The standard InChI is InChI=1S/C31H24N4O2/c1-20-32-28-15-13-22(18-26(28)30(36)34(20)24-9-5-3-6-10-24)17-23-14-16-29-27(19-23)31(37)35(21(2)33-29)25-11-7-4-8-12-25/h3-16,18-19H,17H2,1-2H3. The van der Waals surface area contributed by atoms with Gasteiger partial charge in [-0.15, -0.1) is 0 Å². The van der Waals surface area contributed by atoms with Crippen LogP contribution in [0.15, 0.2) is 107 Å². The molecule has 0 amide bonds. The first-order chi connectivity index (χ1) is 18.0. The van der Waals surface area contributed by atoms with Crippen LogP contribution >= 0.6 is 0 Å². The molecule has 6 rings (SSSR count). The Morgan fingerprint density at radius 2 is 0.973 bits per heavy atom. The maximum atomic E-state index is 13.4. The highest BCUT2D eigenvalue weighted by Gasteiger charge is 2.13. The molecule has 0 saturated carbocycles. The van der Waals surface area contributed by atoms with Gasteiger partial charge in [-0.1, -0.05) is 48.5 Å². The molecule has 4 aromatic carbocycles. The zero-order valence-electron chi connectivity index (χ0n) is 20.6. The van der Waals surface area contributed by atoms with Crippen molar-refractivity contribution >= 4 is 21.8 Å². The van der Waals surface area contributed by atoms with Gasteiger partial charge in [0.15, 0.2) is 0 Å². The quantitative estimate of drug-likeness (QED) is 0.341. The Labute approximate surface area is 213 Å². The molecule has 6 aromatic rings. The van der Waals surface area contributed by atoms with E-state index in [1.165, 1.54) is 0 Å². The van der Waals surface area contributed by atoms with E-state index in [9.17, 15) is 9.59 Å². The van der Waals surface area contributed by atoms with Crippen molar-refractivity contribution in [1.29, 1.82) is 0 Å². The number of fused-ring (bicyclic) bond motifs is 2. The molecule has 6 nitrogen and oxygen atoms in total. The van der Waals surface area contributed by atoms with Crippen LogP contribution in [0.25, 0.3) is 33.2 Å². The zero-order valence-corrected chi connectivity index (χ0v) is 20.6. The van der Waals surface area contributed by atoms with Crippen LogP contribution in [0.1, 0.15) is 22.8 Å². The fourth-order valence-electron chi connectivity index (χ4n) is 4.91. The molecule has 0 fully saturated rings. The monoisotopic (exact) mass is 484 g/mol. The van der Waals surface area contributed by atoms with Crippen molar-refractivity contribution in [3.63, 3.8) is 0 Å². The topological polar surface area (TPSA) is 69.8 Å². The highest BCUT2D eigenvalue weighted by molar-refractivity contribution is 5.80. The molecule has 0 bridgehead atoms. The maximum Gasteiger partial charge on any atom is 0.265 e. The van der Waals surface area contributed by atoms with E-state index in [4.69, 9.17) is 0 Å². The molecule has 180 valence electrons. The lowest BCUT2D eigenvalue weighted by Crippen LogP contribution is -2.22. The van der Waals surface area contributed by atoms with Gasteiger partial charge in [-0.3, -0.25) is 18.7 Å². The molecule has 0 spiro atoms. The van der Waals surface area contributed by atoms with Gasteiger partial charge in [-0.2, -0.15) is 0 Å². The molecule has 2 heterocycles. The Bertz CT molecular complexity index is 1770. The first-order valence-electron chi connectivity index (χ1n) is 12.1. The summed E-state index contributed by atoms with van der Waals surface area (Å²) in [6.07, 6.45) is 0.573. The van der Waals surface area contributed by atoms with Gasteiger partial charge in [0.2, 0.25) is 0 Å². The van der Waals surface area contributed by atoms with Gasteiger partial charge in [0.25, 0.3) is 11.1 Å². The molecule has 2 aromatic heterocycles. The number of rotatable bonds is 4. The Kier molecular flexibility index (Phi) is 5.49. The molecule has 0 atom stereocenters. The maximum absolute atomic E-state index is 13.4. The lowest BCUT2D eigenvalue weighted by molar-refractivity contribution is 0.894. The van der Waals surface area contributed by atoms with Crippen LogP contribution in [0, 0.1) is 13.8 Å². The van der Waals surface area contributed by atoms with Crippen LogP contribution in [0.3, 0.4) is 0 Å². The minimum atomic E-state index is -0.0977. The van der Waals surface area contributed by atoms with Crippen LogP contribution in [0.4, 0.5) is 0 Å². The highest BCUT2D eigenvalue weighted by atomic mass is 16.1. The molecular weight excluding hydrogens is 460 g/mol. The van der Waals surface area contributed by atoms with Crippen molar-refractivity contribution in [2.45, 2.75) is 20.3 Å². The number of hydrogen-bond donors (Lipinski definition) is 0. The summed E-state index contributed by atoms with van der Waals surface area (Å²) >= 11 is 0. The van der Waals surface area contributed by atoms with Gasteiger partial charge in [0, 0.05) is 0 Å². The fourth-order valence-corrected chi connectivity index (χ4v) is 4.91. The summed E-state index contributed by atoms with van der Waals surface area (Å²) in [5.74, 6) is 1.28. The first-order valence-corrected chi connectivity index (χ1v) is 12.1. The number of nitrogens with zero attached hydrogens (tertiary/aromatic N) is 4. The summed E-state index contributed by atoms with van der Waals surface area (Å²) in [6.45, 7) is 3.68. The van der Waals surface area contributed by atoms with Crippen molar-refractivity contribution in [3.8, 4) is 11.4 Å². The average Bonchev–Trinajstić information content (AvgIpc) is 2.91. The van der Waals surface area contributed by atoms with Gasteiger partial charge in [0.1, 0.15) is 11.6 Å². The van der Waals surface area contributed by atoms with Crippen LogP contribution in [0.2, 0.25) is 0 Å². The third-order valence-corrected chi connectivity index (χ3v) is 6.64. The second kappa shape index (κ2) is 8.99. The smallest absolute Gasteiger partial charge is 0.265 e. The van der Waals surface area contributed by atoms with Gasteiger partial charge in [-0.25, -0.2) is 9.97 Å². The van der Waals surface area contributed by atoms with Crippen molar-refractivity contribution in [1.82, 2.24) is 19.1 Å². The predicted molar refractivity (Wildman–Crippen MR) is 147 cm³/mol. The second-order valence-corrected chi connectivity index (χ2v) is 9.15. The van der Waals surface area contributed by atoms with Crippen LogP contribution in [-0.2, 0) is 6.42 Å². The van der Waals surface area contributed by atoms with Gasteiger partial charge >= 0.3 is 0 Å². The van der Waals surface area contributed by atoms with Crippen molar-refractivity contribution in [3.05, 3.63) is 141 Å². The largest absolute Gasteiger partial charge is 0.268 e. The van der Waals surface area contributed by atoms with E-state index < -0.39 is 0 Å². The second-order valence-electron chi connectivity index (χ2n) is 9.15. The molecule has 37 heavy (non-hydrogen) atoms. The molecule has 0 saturated heterocycles. The summed E-state index contributed by atoms with van der Waals surface area (Å²) in [6, 6.07) is 30.6. The number of para-hydroxylation sites is 2. The predicted octanol–water partition coefficient (Wildman–Crippen LogP) is 5.29. The Morgan fingerprint density at radius 1 is 0.568 bits per heavy atom. The SMILES string of the molecule is Cc1nc2ccc(Cc3ccc4nc(C)n(-c5ccccc5)c(=O)c4c3)cc2c(=O)n1-c1ccccc1. The van der Waals surface area contributed by atoms with E-state index >= 15 is 0 Å². The number of aryl methyl sites for hydroxylation is 2. The van der Waals surface area contributed by atoms with E-state index in [2.05, 4.69) is 9.97 Å². The molecule has 0 unspecified atom stereocenters. The summed E-state index contributed by atoms with van der Waals surface area (Å²) in [5, 5.41) is 1.13. The minimum absolute atomic E-state index is 0.0977. The Morgan fingerprint density at radius 3 is 1.38 bits per heavy atom. The van der Waals surface area contributed by atoms with Crippen molar-refractivity contribution < 1.29 is 0 Å². The fraction of sp³-hybridized carbons (Fsp3) is 0.0968. The molecule has 0 radical (unpaired) electrons. The highest BCUT2D eigenvalue weighted by Crippen LogP contribution is 2.20. The van der Waals surface area contributed by atoms with Crippen LogP contribution < -0.4 is 11.1 Å². The molecule has 6 heteroatoms. The summed E-state index contributed by atoms with van der Waals surface area (Å²) in [4.78, 5) is 36.2. The third-order valence-electron chi connectivity index (χ3n) is 6.64. The Balaban J connectivity index is 1.43. The number of benzene rings is 4. The Hall–Kier alpha value is -4.84. The lowest BCUT2D eigenvalue weighted by atomic mass is 10.0. The summed E-state index contributed by atoms with van der Waals surface area (Å²) in [7, 11) is 0. The molecule has 0 aliphatic rings. The van der Waals surface area contributed by atoms with Gasteiger partial charge in [-0.05, 0) is 79.9 Å². The molecule has 0 aliphatic heterocycles. The van der Waals surface area contributed by atoms with E-state index in [-0.39, 0.29) is 11.1 Å². The third kappa shape index (κ3) is 4.02. The average molecular weight is 485 g/mol. The van der Waals surface area contributed by atoms with Crippen molar-refractivity contribution in [2.24, 2.45) is 0 Å². The van der Waals surface area contributed by atoms with E-state index in [1.54, 1.807) is 9.13 Å². The summed E-state index contributed by atoms with van der Waals surface area (Å²) < 4.78 is 3.28. The van der Waals surface area contributed by atoms with E-state index in [0.29, 0.717) is 39.9 Å². The normalized spacial score (nSPS) is 11.3. The molecular formula is C31H24N4O2. The number of hydrogen-bond acceptors (Lipinski definition) is 4. The first kappa shape index (κ1) is 22.6. The molecule has 0 aliphatic carbocycles. The van der Waals surface area contributed by atoms with Crippen LogP contribution in [0.5, 0.6) is 0 Å². The van der Waals surface area contributed by atoms with Crippen molar-refractivity contribution in [2.75, 3.05) is 0 Å². The van der Waals surface area contributed by atoms with Crippen LogP contribution in [-0.4, -0.2) is 19.1 Å².